The van der Waals surface area contributed by atoms with Crippen molar-refractivity contribution < 1.29 is 67.1 Å². The fourth-order valence-electron chi connectivity index (χ4n) is 4.39. The first kappa shape index (κ1) is 41.9. The van der Waals surface area contributed by atoms with E-state index in [-0.39, 0.29) is 64.7 Å². The molecule has 0 fully saturated rings. The maximum Gasteiger partial charge on any atom is 1.00 e. The van der Waals surface area contributed by atoms with E-state index < -0.39 is 0 Å². The molecule has 0 heterocycles. The van der Waals surface area contributed by atoms with Crippen molar-refractivity contribution in [3.05, 3.63) is 48.6 Å². The molecule has 0 saturated carbocycles. The van der Waals surface area contributed by atoms with Crippen LogP contribution < -0.4 is 51.4 Å². The van der Waals surface area contributed by atoms with Gasteiger partial charge in [-0.25, -0.2) is 0 Å². The van der Waals surface area contributed by atoms with Gasteiger partial charge in [-0.3, -0.25) is 9.59 Å². The van der Waals surface area contributed by atoms with Crippen LogP contribution >= 0.6 is 0 Å². The van der Waals surface area contributed by atoms with Crippen molar-refractivity contribution in [2.24, 2.45) is 0 Å². The van der Waals surface area contributed by atoms with Crippen LogP contribution in [-0.2, 0) is 14.3 Å². The number of esters is 2. The summed E-state index contributed by atoms with van der Waals surface area (Å²) in [6, 6.07) is 0. The Hall–Kier alpha value is -0.264. The average Bonchev–Trinajstić information content (AvgIpc) is 2.93. The predicted molar refractivity (Wildman–Crippen MR) is 171 cm³/mol. The molecule has 3 nitrogen and oxygen atoms in total. The van der Waals surface area contributed by atoms with E-state index in [1.54, 1.807) is 0 Å². The second kappa shape index (κ2) is 36.8. The van der Waals surface area contributed by atoms with Gasteiger partial charge in [-0.15, -0.1) is 0 Å². The fourth-order valence-corrected chi connectivity index (χ4v) is 4.39. The van der Waals surface area contributed by atoms with Crippen LogP contribution in [0.1, 0.15) is 169 Å². The predicted octanol–water partition coefficient (Wildman–Crippen LogP) is 8.80. The van der Waals surface area contributed by atoms with E-state index in [2.05, 4.69) is 62.5 Å². The number of unbranched alkanes of at least 4 members (excludes halogenated alkanes) is 16. The van der Waals surface area contributed by atoms with Gasteiger partial charge in [0.2, 0.25) is 0 Å². The summed E-state index contributed by atoms with van der Waals surface area (Å²) in [6.45, 7) is 4.48. The number of ether oxygens (including phenoxy) is 1. The zero-order valence-electron chi connectivity index (χ0n) is 27.8. The van der Waals surface area contributed by atoms with Crippen molar-refractivity contribution in [2.75, 3.05) is 0 Å². The van der Waals surface area contributed by atoms with Crippen LogP contribution in [0.3, 0.4) is 0 Å². The van der Waals surface area contributed by atoms with Crippen LogP contribution in [0.25, 0.3) is 0 Å². The maximum absolute atomic E-state index is 11.9. The van der Waals surface area contributed by atoms with Gasteiger partial charge >= 0.3 is 63.3 Å². The molecular formula is C36H63KO3. The van der Waals surface area contributed by atoms with Gasteiger partial charge in [0, 0.05) is 12.8 Å². The molecule has 0 aromatic rings. The van der Waals surface area contributed by atoms with E-state index >= 15 is 0 Å². The van der Waals surface area contributed by atoms with Crippen molar-refractivity contribution in [1.82, 2.24) is 0 Å². The minimum Gasteiger partial charge on any atom is -1.00 e. The summed E-state index contributed by atoms with van der Waals surface area (Å²) in [5.74, 6) is -0.707. The Balaban J connectivity index is -0.00000722. The van der Waals surface area contributed by atoms with Gasteiger partial charge in [0.1, 0.15) is 0 Å². The monoisotopic (exact) mass is 582 g/mol. The second-order valence-electron chi connectivity index (χ2n) is 10.8. The van der Waals surface area contributed by atoms with Crippen LogP contribution in [0.4, 0.5) is 0 Å². The molecular weight excluding hydrogens is 519 g/mol. The van der Waals surface area contributed by atoms with E-state index in [1.807, 2.05) is 0 Å². The number of allylic oxidation sites excluding steroid dienone is 8. The third-order valence-corrected chi connectivity index (χ3v) is 6.89. The fraction of sp³-hybridized carbons (Fsp3) is 0.722. The standard InChI is InChI=1S/C36H62O3.K.H/c1-3-5-7-9-11-13-15-17-19-21-23-25-27-29-31-33-35(37)39-36(38)34-32-30-28-26-24-22-20-18-16-14-12-10-8-6-4-2;;/h11-14,17-20H,3-10,15-16,21-34H2,1-2H3;;/q;+1;-1/b13-11-,14-12-,19-17-,20-18-;;. The molecule has 0 aromatic heterocycles. The first-order valence-electron chi connectivity index (χ1n) is 16.5. The minimum absolute atomic E-state index is 0. The molecule has 0 saturated heterocycles. The molecule has 0 unspecified atom stereocenters. The molecule has 0 aliphatic rings. The average molecular weight is 583 g/mol. The third-order valence-electron chi connectivity index (χ3n) is 6.89. The smallest absolute Gasteiger partial charge is 1.00 e. The number of hydrogen-bond donors (Lipinski definition) is 0. The molecule has 0 radical (unpaired) electrons. The molecule has 0 N–H and O–H groups in total. The number of carbonyl (C=O) groups is 2. The van der Waals surface area contributed by atoms with Gasteiger partial charge < -0.3 is 6.16 Å². The topological polar surface area (TPSA) is 43.4 Å². The summed E-state index contributed by atoms with van der Waals surface area (Å²) in [5, 5.41) is 0. The Morgan fingerprint density at radius 2 is 0.750 bits per heavy atom. The van der Waals surface area contributed by atoms with Crippen molar-refractivity contribution >= 4 is 11.9 Å². The molecule has 4 heteroatoms. The van der Waals surface area contributed by atoms with Gasteiger partial charge in [-0.2, -0.15) is 0 Å². The van der Waals surface area contributed by atoms with E-state index in [4.69, 9.17) is 4.74 Å². The number of carbonyl (C=O) groups excluding carboxylic acids is 2. The van der Waals surface area contributed by atoms with E-state index in [1.165, 1.54) is 77.0 Å². The summed E-state index contributed by atoms with van der Waals surface area (Å²) in [4.78, 5) is 23.8. The molecule has 0 rings (SSSR count). The van der Waals surface area contributed by atoms with Crippen LogP contribution in [0.5, 0.6) is 0 Å². The number of rotatable bonds is 28. The van der Waals surface area contributed by atoms with Gasteiger partial charge in [0.05, 0.1) is 0 Å². The van der Waals surface area contributed by atoms with Crippen LogP contribution in [0, 0.1) is 0 Å². The van der Waals surface area contributed by atoms with E-state index in [0.717, 1.165) is 64.2 Å². The first-order valence-corrected chi connectivity index (χ1v) is 16.5. The van der Waals surface area contributed by atoms with Crippen LogP contribution in [-0.4, -0.2) is 11.9 Å². The summed E-state index contributed by atoms with van der Waals surface area (Å²) in [5.41, 5.74) is 0. The maximum atomic E-state index is 11.9. The minimum atomic E-state index is -0.353. The van der Waals surface area contributed by atoms with Gasteiger partial charge in [-0.1, -0.05) is 127 Å². The normalized spacial score (nSPS) is 11.8. The number of hydrogen-bond acceptors (Lipinski definition) is 3. The van der Waals surface area contributed by atoms with E-state index in [0.29, 0.717) is 12.8 Å². The molecule has 40 heavy (non-hydrogen) atoms. The quantitative estimate of drug-likeness (QED) is 0.0304. The molecule has 0 aromatic carbocycles. The van der Waals surface area contributed by atoms with Gasteiger partial charge in [0.15, 0.2) is 0 Å². The summed E-state index contributed by atoms with van der Waals surface area (Å²) in [7, 11) is 0. The molecule has 226 valence electrons. The summed E-state index contributed by atoms with van der Waals surface area (Å²) in [6.07, 6.45) is 44.3. The van der Waals surface area contributed by atoms with Crippen molar-refractivity contribution in [3.63, 3.8) is 0 Å². The van der Waals surface area contributed by atoms with Crippen molar-refractivity contribution in [3.8, 4) is 0 Å². The molecule has 0 spiro atoms. The second-order valence-corrected chi connectivity index (χ2v) is 10.8. The third kappa shape index (κ3) is 35.8. The Bertz CT molecular complexity index is 614. The van der Waals surface area contributed by atoms with Crippen molar-refractivity contribution in [2.45, 2.75) is 168 Å². The van der Waals surface area contributed by atoms with Gasteiger partial charge in [-0.05, 0) is 77.0 Å². The Labute approximate surface area is 293 Å². The Morgan fingerprint density at radius 1 is 0.450 bits per heavy atom. The molecule has 0 bridgehead atoms. The van der Waals surface area contributed by atoms with Crippen LogP contribution in [0.2, 0.25) is 0 Å². The zero-order valence-corrected chi connectivity index (χ0v) is 29.9. The Kier molecular flexibility index (Phi) is 38.5. The summed E-state index contributed by atoms with van der Waals surface area (Å²) >= 11 is 0. The molecule has 0 atom stereocenters. The first-order chi connectivity index (χ1) is 19.2. The van der Waals surface area contributed by atoms with Gasteiger partial charge in [0.25, 0.3) is 0 Å². The largest absolute Gasteiger partial charge is 1.00 e. The Morgan fingerprint density at radius 3 is 1.10 bits per heavy atom. The van der Waals surface area contributed by atoms with E-state index in [9.17, 15) is 9.59 Å². The molecule has 0 aliphatic carbocycles. The zero-order chi connectivity index (χ0) is 28.5. The molecule has 0 amide bonds. The summed E-state index contributed by atoms with van der Waals surface area (Å²) < 4.78 is 4.98. The van der Waals surface area contributed by atoms with Crippen molar-refractivity contribution in [1.29, 1.82) is 0 Å². The van der Waals surface area contributed by atoms with Crippen LogP contribution in [0.15, 0.2) is 48.6 Å². The molecule has 0 aliphatic heterocycles. The SMILES string of the molecule is CCCCC/C=C\C/C=C\CCCCCCCC(=O)OC(=O)CCCCCCC/C=C\C/C=C\CCCCC.[H-].[K+].